The van der Waals surface area contributed by atoms with E-state index in [0.29, 0.717) is 0 Å². The summed E-state index contributed by atoms with van der Waals surface area (Å²) in [4.78, 5) is 33.1. The van der Waals surface area contributed by atoms with E-state index in [1.165, 1.54) is 15.2 Å². The summed E-state index contributed by atoms with van der Waals surface area (Å²) in [5, 5.41) is 11.7. The molecule has 0 bridgehead atoms. The van der Waals surface area contributed by atoms with Gasteiger partial charge in [-0.1, -0.05) is 61.5 Å². The molecule has 12 nitrogen and oxygen atoms in total. The van der Waals surface area contributed by atoms with Crippen LogP contribution in [0.4, 0.5) is 5.95 Å². The molecule has 2 aliphatic rings. The highest BCUT2D eigenvalue weighted by Crippen LogP contribution is 2.48. The second kappa shape index (κ2) is 10.7. The highest BCUT2D eigenvalue weighted by atomic mass is 28.5. The number of aromatic nitrogens is 4. The number of nitrogens with two attached hydrogens (primary N) is 1. The number of ether oxygens (including phenoxy) is 1. The Bertz CT molecular complexity index is 1320. The highest BCUT2D eigenvalue weighted by molar-refractivity contribution is 6.84. The van der Waals surface area contributed by atoms with Crippen LogP contribution < -0.4 is 17.0 Å². The Morgan fingerprint density at radius 2 is 1.69 bits per heavy atom. The number of imidazole rings is 1. The normalized spacial score (nSPS) is 26.9. The van der Waals surface area contributed by atoms with Crippen molar-refractivity contribution in [1.82, 2.24) is 19.1 Å². The van der Waals surface area contributed by atoms with Gasteiger partial charge in [-0.15, -0.1) is 6.58 Å². The van der Waals surface area contributed by atoms with Crippen LogP contribution in [-0.2, 0) is 24.2 Å². The number of aliphatic hydroxyl groups excluding tert-OH is 1. The number of aliphatic hydroxyl groups is 1. The average Bonchev–Trinajstić information content (AvgIpc) is 3.26. The van der Waals surface area contributed by atoms with Crippen molar-refractivity contribution >= 4 is 34.2 Å². The third-order valence-electron chi connectivity index (χ3n) is 8.04. The summed E-state index contributed by atoms with van der Waals surface area (Å²) in [6, 6.07) is 0. The number of rotatable bonds is 7. The van der Waals surface area contributed by atoms with Gasteiger partial charge in [-0.2, -0.15) is 4.98 Å². The van der Waals surface area contributed by atoms with Crippen LogP contribution in [-0.4, -0.2) is 66.2 Å². The van der Waals surface area contributed by atoms with Crippen molar-refractivity contribution in [3.8, 4) is 0 Å². The van der Waals surface area contributed by atoms with Gasteiger partial charge in [-0.25, -0.2) is 9.36 Å². The predicted octanol–water partition coefficient (Wildman–Crippen LogP) is 2.87. The fourth-order valence-corrected chi connectivity index (χ4v) is 17.3. The Hall–Kier alpha value is -2.08. The largest absolute Gasteiger partial charge is 0.414 e. The van der Waals surface area contributed by atoms with Crippen LogP contribution in [0, 0.1) is 0 Å². The molecule has 0 aliphatic carbocycles. The average molecular weight is 582 g/mol. The summed E-state index contributed by atoms with van der Waals surface area (Å²) in [7, 11) is -5.85. The number of hydrogen-bond donors (Lipinski definition) is 3. The van der Waals surface area contributed by atoms with Crippen LogP contribution in [0.3, 0.4) is 0 Å². The van der Waals surface area contributed by atoms with Gasteiger partial charge in [0.1, 0.15) is 18.3 Å². The Morgan fingerprint density at radius 1 is 1.10 bits per heavy atom. The lowest BCUT2D eigenvalue weighted by atomic mass is 10.1. The molecule has 0 amide bonds. The number of nitrogen functional groups attached to an aromatic ring is 1. The van der Waals surface area contributed by atoms with Gasteiger partial charge in [0.25, 0.3) is 5.56 Å². The minimum absolute atomic E-state index is 0.0166. The molecule has 14 heteroatoms. The van der Waals surface area contributed by atoms with Gasteiger partial charge in [-0.05, 0) is 22.2 Å². The monoisotopic (exact) mass is 581 g/mol. The van der Waals surface area contributed by atoms with E-state index in [2.05, 4.69) is 71.9 Å². The van der Waals surface area contributed by atoms with Crippen molar-refractivity contribution in [2.75, 3.05) is 12.3 Å². The number of aromatic amines is 1. The number of hydrogen-bond acceptors (Lipinski definition) is 9. The molecular weight excluding hydrogens is 538 g/mol. The maximum atomic E-state index is 13.6. The number of nitrogens with zero attached hydrogens (tertiary/aromatic N) is 3. The predicted molar refractivity (Wildman–Crippen MR) is 153 cm³/mol. The van der Waals surface area contributed by atoms with E-state index in [1.807, 2.05) is 0 Å². The van der Waals surface area contributed by atoms with Gasteiger partial charge >= 0.3 is 22.8 Å². The molecular formula is C25H43N5O7Si2. The van der Waals surface area contributed by atoms with Crippen molar-refractivity contribution in [1.29, 1.82) is 0 Å². The molecule has 4 N–H and O–H groups in total. The van der Waals surface area contributed by atoms with E-state index >= 15 is 0 Å². The van der Waals surface area contributed by atoms with Crippen molar-refractivity contribution in [3.63, 3.8) is 0 Å². The van der Waals surface area contributed by atoms with E-state index in [9.17, 15) is 14.7 Å². The molecule has 2 aliphatic heterocycles. The van der Waals surface area contributed by atoms with Crippen LogP contribution in [0.15, 0.2) is 22.2 Å². The third kappa shape index (κ3) is 4.69. The summed E-state index contributed by atoms with van der Waals surface area (Å²) >= 11 is 0. The summed E-state index contributed by atoms with van der Waals surface area (Å²) < 4.78 is 29.7. The number of H-pyrrole nitrogens is 1. The van der Waals surface area contributed by atoms with Gasteiger partial charge < -0.3 is 28.5 Å². The van der Waals surface area contributed by atoms with Crippen LogP contribution in [0.1, 0.15) is 61.6 Å². The fourth-order valence-electron chi connectivity index (χ4n) is 6.08. The summed E-state index contributed by atoms with van der Waals surface area (Å²) in [6.45, 7) is 20.8. The van der Waals surface area contributed by atoms with E-state index in [4.69, 9.17) is 23.4 Å². The summed E-state index contributed by atoms with van der Waals surface area (Å²) in [6.07, 6.45) is -2.44. The Labute approximate surface area is 230 Å². The first kappa shape index (κ1) is 29.9. The molecule has 218 valence electrons. The minimum Gasteiger partial charge on any atom is -0.414 e. The number of anilines is 1. The maximum absolute atomic E-state index is 13.6. The first-order chi connectivity index (χ1) is 18.2. The first-order valence-corrected chi connectivity index (χ1v) is 17.6. The highest BCUT2D eigenvalue weighted by Gasteiger charge is 2.62. The van der Waals surface area contributed by atoms with Crippen LogP contribution >= 0.6 is 0 Å². The molecule has 0 radical (unpaired) electrons. The Morgan fingerprint density at radius 3 is 2.23 bits per heavy atom. The second-order valence-electron chi connectivity index (χ2n) is 11.8. The van der Waals surface area contributed by atoms with Crippen molar-refractivity contribution in [2.24, 2.45) is 0 Å². The van der Waals surface area contributed by atoms with Crippen molar-refractivity contribution < 1.29 is 22.8 Å². The van der Waals surface area contributed by atoms with Crippen LogP contribution in [0.2, 0.25) is 22.2 Å². The molecule has 2 unspecified atom stereocenters. The van der Waals surface area contributed by atoms with E-state index in [0.717, 1.165) is 0 Å². The lowest BCUT2D eigenvalue weighted by Gasteiger charge is -2.51. The summed E-state index contributed by atoms with van der Waals surface area (Å²) in [5.41, 5.74) is 5.11. The quantitative estimate of drug-likeness (QED) is 0.330. The van der Waals surface area contributed by atoms with Gasteiger partial charge in [0, 0.05) is 6.54 Å². The number of fused-ring (bicyclic) bond motifs is 2. The standard InChI is InChI=1S/C25H43N5O7Si2/c1-10-11-29-18-21(27-24(26)28-22(18)32)30(25(29)33)23-19(31)20-17(35-23)12-34-38(13(2)3,14(4)5)37-39(36-20,15(6)7)16(8)9/h10,13-17,19-20,23,31H,1,11-12H2,2-9H3,(H3,26,27,28,32)/t17?,19-,20-,23?/m1/s1. The lowest BCUT2D eigenvalue weighted by molar-refractivity contribution is -0.0583. The topological polar surface area (TPSA) is 156 Å². The molecule has 2 saturated heterocycles. The number of nitrogens with one attached hydrogen (secondary N) is 1. The zero-order valence-electron chi connectivity index (χ0n) is 24.1. The summed E-state index contributed by atoms with van der Waals surface area (Å²) in [5.74, 6) is -0.154. The van der Waals surface area contributed by atoms with Gasteiger partial charge in [0.2, 0.25) is 5.95 Å². The van der Waals surface area contributed by atoms with Gasteiger partial charge in [0.15, 0.2) is 17.4 Å². The molecule has 39 heavy (non-hydrogen) atoms. The van der Waals surface area contributed by atoms with Crippen molar-refractivity contribution in [2.45, 2.75) is 109 Å². The van der Waals surface area contributed by atoms with Gasteiger partial charge in [-0.3, -0.25) is 14.3 Å². The van der Waals surface area contributed by atoms with Crippen LogP contribution in [0.5, 0.6) is 0 Å². The molecule has 2 aromatic heterocycles. The molecule has 4 rings (SSSR count). The molecule has 0 spiro atoms. The fraction of sp³-hybridized carbons (Fsp3) is 0.720. The smallest absolute Gasteiger partial charge is 0.335 e. The molecule has 0 saturated carbocycles. The first-order valence-electron chi connectivity index (χ1n) is 13.7. The zero-order chi connectivity index (χ0) is 29.0. The minimum atomic E-state index is -3.03. The van der Waals surface area contributed by atoms with E-state index < -0.39 is 52.9 Å². The molecule has 4 atom stereocenters. The van der Waals surface area contributed by atoms with Gasteiger partial charge in [0.05, 0.1) is 6.61 Å². The lowest BCUT2D eigenvalue weighted by Crippen LogP contribution is -2.65. The zero-order valence-corrected chi connectivity index (χ0v) is 26.1. The molecule has 2 aromatic rings. The molecule has 2 fully saturated rings. The van der Waals surface area contributed by atoms with Crippen LogP contribution in [0.25, 0.3) is 11.2 Å². The van der Waals surface area contributed by atoms with E-state index in [1.54, 1.807) is 0 Å². The Kier molecular flexibility index (Phi) is 8.22. The molecule has 0 aromatic carbocycles. The van der Waals surface area contributed by atoms with Crippen molar-refractivity contribution in [3.05, 3.63) is 33.5 Å². The SMILES string of the molecule is C=CCn1c(=O)n(C2OC3CO[Si](C(C)C)(C(C)C)O[Si](C(C)C)(C(C)C)O[C@H]3[C@H]2O)c2nc(N)[nH]c(=O)c21. The Balaban J connectivity index is 1.88. The molecule has 4 heterocycles. The van der Waals surface area contributed by atoms with E-state index in [-0.39, 0.29) is 52.4 Å². The number of allylic oxidation sites excluding steroid dienone is 1. The second-order valence-corrected chi connectivity index (χ2v) is 20.6. The third-order valence-corrected chi connectivity index (χ3v) is 18.3. The maximum Gasteiger partial charge on any atom is 0.335 e.